The fraction of sp³-hybridized carbons (Fsp3) is 0.600. The Kier molecular flexibility index (Phi) is 7.41. The predicted molar refractivity (Wildman–Crippen MR) is 113 cm³/mol. The number of benzene rings is 2. The van der Waals surface area contributed by atoms with Crippen LogP contribution in [0.5, 0.6) is 5.75 Å². The van der Waals surface area contributed by atoms with Crippen molar-refractivity contribution in [3.8, 4) is 5.75 Å². The first-order valence-electron chi connectivity index (χ1n) is 11.0. The van der Waals surface area contributed by atoms with Gasteiger partial charge in [0.15, 0.2) is 0 Å². The summed E-state index contributed by atoms with van der Waals surface area (Å²) in [6, 6.07) is 13.7. The van der Waals surface area contributed by atoms with Gasteiger partial charge in [0.25, 0.3) is 0 Å². The Morgan fingerprint density at radius 1 is 0.808 bits per heavy atom. The molecule has 1 aliphatic carbocycles. The van der Waals surface area contributed by atoms with Gasteiger partial charge in [-0.3, -0.25) is 0 Å². The lowest BCUT2D eigenvalue weighted by atomic mass is 9.77. The van der Waals surface area contributed by atoms with Crippen LogP contribution in [0.1, 0.15) is 89.5 Å². The van der Waals surface area contributed by atoms with E-state index in [4.69, 9.17) is 4.74 Å². The molecule has 0 N–H and O–H groups in total. The summed E-state index contributed by atoms with van der Waals surface area (Å²) in [6.07, 6.45) is 13.4. The van der Waals surface area contributed by atoms with Crippen LogP contribution in [0.15, 0.2) is 36.4 Å². The Bertz CT molecular complexity index is 667. The fourth-order valence-electron chi connectivity index (χ4n) is 4.50. The summed E-state index contributed by atoms with van der Waals surface area (Å²) in [4.78, 5) is 0. The maximum atomic E-state index is 5.94. The average Bonchev–Trinajstić information content (AvgIpc) is 2.68. The maximum absolute atomic E-state index is 5.94. The van der Waals surface area contributed by atoms with Gasteiger partial charge in [-0.05, 0) is 72.4 Å². The monoisotopic (exact) mass is 352 g/mol. The molecule has 0 saturated heterocycles. The first-order valence-corrected chi connectivity index (χ1v) is 11.0. The minimum Gasteiger partial charge on any atom is -0.494 e. The quantitative estimate of drug-likeness (QED) is 0.417. The van der Waals surface area contributed by atoms with Crippen molar-refractivity contribution in [3.05, 3.63) is 42.0 Å². The standard InChI is InChI=1S/C25H36O/c1-3-5-6-7-17-26-25-16-15-23-18-22(13-14-24(23)19-25)21-11-9-20(8-4-2)10-12-21/h13-16,18-21H,3-12,17H2,1-2H3/t20-,21-. The van der Waals surface area contributed by atoms with Crippen LogP contribution in [0.4, 0.5) is 0 Å². The number of hydrogen-bond acceptors (Lipinski definition) is 1. The highest BCUT2D eigenvalue weighted by Gasteiger charge is 2.21. The molecular weight excluding hydrogens is 316 g/mol. The molecule has 1 nitrogen and oxygen atoms in total. The van der Waals surface area contributed by atoms with Crippen LogP contribution in [0.2, 0.25) is 0 Å². The molecule has 0 amide bonds. The van der Waals surface area contributed by atoms with Crippen molar-refractivity contribution in [3.63, 3.8) is 0 Å². The van der Waals surface area contributed by atoms with Crippen molar-refractivity contribution >= 4 is 10.8 Å². The number of hydrogen-bond donors (Lipinski definition) is 0. The molecule has 0 bridgehead atoms. The Morgan fingerprint density at radius 3 is 2.35 bits per heavy atom. The first kappa shape index (κ1) is 19.3. The molecule has 1 fully saturated rings. The van der Waals surface area contributed by atoms with E-state index in [1.54, 1.807) is 5.56 Å². The maximum Gasteiger partial charge on any atom is 0.119 e. The summed E-state index contributed by atoms with van der Waals surface area (Å²) in [5.74, 6) is 2.76. The molecule has 0 unspecified atom stereocenters. The molecule has 0 atom stereocenters. The molecule has 0 heterocycles. The molecule has 3 rings (SSSR count). The second-order valence-corrected chi connectivity index (χ2v) is 8.18. The molecule has 0 aliphatic heterocycles. The number of ether oxygens (including phenoxy) is 1. The summed E-state index contributed by atoms with van der Waals surface area (Å²) in [7, 11) is 0. The normalized spacial score (nSPS) is 20.4. The molecule has 1 heteroatoms. The first-order chi connectivity index (χ1) is 12.8. The van der Waals surface area contributed by atoms with Gasteiger partial charge in [-0.1, -0.05) is 70.2 Å². The molecule has 0 spiro atoms. The third kappa shape index (κ3) is 5.25. The average molecular weight is 353 g/mol. The van der Waals surface area contributed by atoms with E-state index in [1.807, 2.05) is 0 Å². The number of rotatable bonds is 9. The van der Waals surface area contributed by atoms with Crippen LogP contribution < -0.4 is 4.74 Å². The summed E-state index contributed by atoms with van der Waals surface area (Å²) in [6.45, 7) is 5.40. The minimum atomic E-state index is 0.766. The smallest absolute Gasteiger partial charge is 0.119 e. The third-order valence-electron chi connectivity index (χ3n) is 6.12. The molecule has 0 radical (unpaired) electrons. The van der Waals surface area contributed by atoms with Gasteiger partial charge in [0.1, 0.15) is 5.75 Å². The highest BCUT2D eigenvalue weighted by molar-refractivity contribution is 5.84. The van der Waals surface area contributed by atoms with Gasteiger partial charge in [0.05, 0.1) is 6.61 Å². The van der Waals surface area contributed by atoms with Crippen LogP contribution in [-0.2, 0) is 0 Å². The zero-order chi connectivity index (χ0) is 18.2. The van der Waals surface area contributed by atoms with Crippen molar-refractivity contribution in [2.24, 2.45) is 5.92 Å². The van der Waals surface area contributed by atoms with E-state index >= 15 is 0 Å². The third-order valence-corrected chi connectivity index (χ3v) is 6.12. The number of unbranched alkanes of at least 4 members (excludes halogenated alkanes) is 3. The van der Waals surface area contributed by atoms with E-state index in [9.17, 15) is 0 Å². The van der Waals surface area contributed by atoms with Crippen LogP contribution in [0.25, 0.3) is 10.8 Å². The topological polar surface area (TPSA) is 9.23 Å². The summed E-state index contributed by atoms with van der Waals surface area (Å²) in [5, 5.41) is 2.66. The lowest BCUT2D eigenvalue weighted by Gasteiger charge is -2.28. The van der Waals surface area contributed by atoms with Crippen LogP contribution in [0, 0.1) is 5.92 Å². The van der Waals surface area contributed by atoms with E-state index in [-0.39, 0.29) is 0 Å². The molecule has 2 aromatic carbocycles. The molecule has 1 aliphatic rings. The highest BCUT2D eigenvalue weighted by atomic mass is 16.5. The van der Waals surface area contributed by atoms with E-state index < -0.39 is 0 Å². The van der Waals surface area contributed by atoms with Crippen LogP contribution in [-0.4, -0.2) is 6.61 Å². The van der Waals surface area contributed by atoms with Crippen molar-refractivity contribution in [2.45, 2.75) is 84.0 Å². The van der Waals surface area contributed by atoms with Crippen molar-refractivity contribution < 1.29 is 4.74 Å². The highest BCUT2D eigenvalue weighted by Crippen LogP contribution is 2.38. The molecular formula is C25H36O. The molecule has 142 valence electrons. The largest absolute Gasteiger partial charge is 0.494 e. The van der Waals surface area contributed by atoms with E-state index in [0.717, 1.165) is 30.6 Å². The van der Waals surface area contributed by atoms with E-state index in [0.29, 0.717) is 0 Å². The van der Waals surface area contributed by atoms with Crippen LogP contribution in [0.3, 0.4) is 0 Å². The molecule has 2 aromatic rings. The Balaban J connectivity index is 1.58. The summed E-state index contributed by atoms with van der Waals surface area (Å²) < 4.78 is 5.94. The van der Waals surface area contributed by atoms with Gasteiger partial charge in [-0.2, -0.15) is 0 Å². The van der Waals surface area contributed by atoms with Crippen molar-refractivity contribution in [1.82, 2.24) is 0 Å². The molecule has 0 aromatic heterocycles. The van der Waals surface area contributed by atoms with E-state index in [2.05, 4.69) is 50.2 Å². The zero-order valence-corrected chi connectivity index (χ0v) is 16.8. The van der Waals surface area contributed by atoms with Gasteiger partial charge in [-0.25, -0.2) is 0 Å². The summed E-state index contributed by atoms with van der Waals surface area (Å²) >= 11 is 0. The fourth-order valence-corrected chi connectivity index (χ4v) is 4.50. The van der Waals surface area contributed by atoms with E-state index in [1.165, 1.54) is 68.6 Å². The second kappa shape index (κ2) is 10.00. The SMILES string of the molecule is CCCCCCOc1ccc2cc([C@H]3CC[C@H](CCC)CC3)ccc2c1. The zero-order valence-electron chi connectivity index (χ0n) is 16.8. The molecule has 26 heavy (non-hydrogen) atoms. The lowest BCUT2D eigenvalue weighted by Crippen LogP contribution is -2.13. The molecule has 1 saturated carbocycles. The minimum absolute atomic E-state index is 0.766. The van der Waals surface area contributed by atoms with Gasteiger partial charge in [0.2, 0.25) is 0 Å². The Labute approximate surface area is 160 Å². The summed E-state index contributed by atoms with van der Waals surface area (Å²) in [5.41, 5.74) is 1.54. The lowest BCUT2D eigenvalue weighted by molar-refractivity contribution is 0.305. The van der Waals surface area contributed by atoms with Crippen molar-refractivity contribution in [1.29, 1.82) is 0 Å². The van der Waals surface area contributed by atoms with Crippen LogP contribution >= 0.6 is 0 Å². The van der Waals surface area contributed by atoms with Gasteiger partial charge < -0.3 is 4.74 Å². The second-order valence-electron chi connectivity index (χ2n) is 8.18. The predicted octanol–water partition coefficient (Wildman–Crippen LogP) is 7.87. The van der Waals surface area contributed by atoms with Gasteiger partial charge >= 0.3 is 0 Å². The van der Waals surface area contributed by atoms with Gasteiger partial charge in [-0.15, -0.1) is 0 Å². The van der Waals surface area contributed by atoms with Gasteiger partial charge in [0, 0.05) is 0 Å². The number of fused-ring (bicyclic) bond motifs is 1. The Morgan fingerprint density at radius 2 is 1.58 bits per heavy atom. The Hall–Kier alpha value is -1.50. The van der Waals surface area contributed by atoms with Crippen molar-refractivity contribution in [2.75, 3.05) is 6.61 Å².